The van der Waals surface area contributed by atoms with E-state index < -0.39 is 0 Å². The SMILES string of the molecule is CCCC(=O)N1CCN(c2ccc(NC(=S)NC(=O)c3cc(Br)cc(C)c3OC)cc2Cl)CC1. The number of nitrogens with one attached hydrogen (secondary N) is 2. The van der Waals surface area contributed by atoms with Crippen LogP contribution in [0.25, 0.3) is 0 Å². The van der Waals surface area contributed by atoms with Crippen LogP contribution in [0.4, 0.5) is 11.4 Å². The van der Waals surface area contributed by atoms with E-state index >= 15 is 0 Å². The Morgan fingerprint density at radius 3 is 2.50 bits per heavy atom. The zero-order valence-electron chi connectivity index (χ0n) is 19.4. The second-order valence-corrected chi connectivity index (χ2v) is 9.73. The van der Waals surface area contributed by atoms with Gasteiger partial charge in [0, 0.05) is 42.8 Å². The Bertz CT molecular complexity index is 1090. The van der Waals surface area contributed by atoms with Crippen molar-refractivity contribution in [2.75, 3.05) is 43.5 Å². The summed E-state index contributed by atoms with van der Waals surface area (Å²) in [7, 11) is 1.52. The highest BCUT2D eigenvalue weighted by atomic mass is 79.9. The largest absolute Gasteiger partial charge is 0.496 e. The number of thiocarbonyl (C=S) groups is 1. The first-order valence-electron chi connectivity index (χ1n) is 11.0. The number of aryl methyl sites for hydroxylation is 1. The number of piperazine rings is 1. The lowest BCUT2D eigenvalue weighted by Gasteiger charge is -2.36. The molecule has 0 aromatic heterocycles. The molecule has 2 aromatic carbocycles. The topological polar surface area (TPSA) is 73.9 Å². The molecule has 0 unspecified atom stereocenters. The second-order valence-electron chi connectivity index (χ2n) is 8.00. The maximum atomic E-state index is 12.8. The second kappa shape index (κ2) is 11.9. The molecular weight excluding hydrogens is 540 g/mol. The van der Waals surface area contributed by atoms with Crippen molar-refractivity contribution >= 4 is 68.1 Å². The molecule has 0 atom stereocenters. The molecule has 1 saturated heterocycles. The van der Waals surface area contributed by atoms with Crippen molar-refractivity contribution in [3.05, 3.63) is 51.0 Å². The molecule has 10 heteroatoms. The number of methoxy groups -OCH3 is 1. The maximum Gasteiger partial charge on any atom is 0.261 e. The van der Waals surface area contributed by atoms with Gasteiger partial charge in [0.05, 0.1) is 23.4 Å². The van der Waals surface area contributed by atoms with E-state index in [-0.39, 0.29) is 16.9 Å². The van der Waals surface area contributed by atoms with E-state index in [0.29, 0.717) is 41.5 Å². The van der Waals surface area contributed by atoms with Gasteiger partial charge >= 0.3 is 0 Å². The number of benzene rings is 2. The normalized spacial score (nSPS) is 13.4. The van der Waals surface area contributed by atoms with Crippen LogP contribution in [-0.4, -0.2) is 55.1 Å². The lowest BCUT2D eigenvalue weighted by atomic mass is 10.1. The van der Waals surface area contributed by atoms with Crippen molar-refractivity contribution in [2.45, 2.75) is 26.7 Å². The number of halogens is 2. The molecule has 0 aliphatic carbocycles. The number of nitrogens with zero attached hydrogens (tertiary/aromatic N) is 2. The third kappa shape index (κ3) is 6.40. The number of amides is 2. The molecule has 0 saturated carbocycles. The average Bonchev–Trinajstić information content (AvgIpc) is 2.79. The van der Waals surface area contributed by atoms with Crippen LogP contribution in [-0.2, 0) is 4.79 Å². The smallest absolute Gasteiger partial charge is 0.261 e. The lowest BCUT2D eigenvalue weighted by Crippen LogP contribution is -2.48. The molecule has 1 heterocycles. The molecule has 2 aromatic rings. The predicted molar refractivity (Wildman–Crippen MR) is 144 cm³/mol. The first kappa shape index (κ1) is 26.2. The van der Waals surface area contributed by atoms with Crippen LogP contribution >= 0.6 is 39.7 Å². The summed E-state index contributed by atoms with van der Waals surface area (Å²) < 4.78 is 6.15. The fraction of sp³-hybridized carbons (Fsp3) is 0.375. The Kier molecular flexibility index (Phi) is 9.16. The van der Waals surface area contributed by atoms with E-state index in [1.54, 1.807) is 12.1 Å². The van der Waals surface area contributed by atoms with Crippen molar-refractivity contribution in [1.29, 1.82) is 0 Å². The molecule has 182 valence electrons. The van der Waals surface area contributed by atoms with Crippen LogP contribution in [0.2, 0.25) is 5.02 Å². The molecule has 2 amide bonds. The third-order valence-electron chi connectivity index (χ3n) is 5.56. The Morgan fingerprint density at radius 1 is 1.18 bits per heavy atom. The standard InChI is InChI=1S/C24H28BrClN4O3S/c1-4-5-21(31)30-10-8-29(9-11-30)20-7-6-17(14-19(20)26)27-24(34)28-23(32)18-13-16(25)12-15(2)22(18)33-3/h6-7,12-14H,4-5,8-11H2,1-3H3,(H2,27,28,32,34). The number of anilines is 2. The summed E-state index contributed by atoms with van der Waals surface area (Å²) in [5.41, 5.74) is 2.77. The molecule has 1 fully saturated rings. The first-order chi connectivity index (χ1) is 16.2. The van der Waals surface area contributed by atoms with Gasteiger partial charge in [-0.3, -0.25) is 14.9 Å². The van der Waals surface area contributed by atoms with Gasteiger partial charge in [-0.1, -0.05) is 34.5 Å². The number of hydrogen-bond donors (Lipinski definition) is 2. The van der Waals surface area contributed by atoms with Gasteiger partial charge in [-0.25, -0.2) is 0 Å². The molecule has 0 bridgehead atoms. The van der Waals surface area contributed by atoms with E-state index in [4.69, 9.17) is 28.6 Å². The van der Waals surface area contributed by atoms with Gasteiger partial charge in [0.1, 0.15) is 5.75 Å². The van der Waals surface area contributed by atoms with Crippen LogP contribution in [0.3, 0.4) is 0 Å². The van der Waals surface area contributed by atoms with E-state index in [2.05, 4.69) is 31.5 Å². The fourth-order valence-electron chi connectivity index (χ4n) is 3.91. The van der Waals surface area contributed by atoms with Crippen LogP contribution in [0.15, 0.2) is 34.8 Å². The van der Waals surface area contributed by atoms with Crippen molar-refractivity contribution in [2.24, 2.45) is 0 Å². The summed E-state index contributed by atoms with van der Waals surface area (Å²) in [6.07, 6.45) is 1.45. The summed E-state index contributed by atoms with van der Waals surface area (Å²) in [5, 5.41) is 6.41. The number of hydrogen-bond acceptors (Lipinski definition) is 5. The summed E-state index contributed by atoms with van der Waals surface area (Å²) in [6.45, 7) is 6.70. The molecule has 2 N–H and O–H groups in total. The predicted octanol–water partition coefficient (Wildman–Crippen LogP) is 5.00. The Morgan fingerprint density at radius 2 is 1.88 bits per heavy atom. The summed E-state index contributed by atoms with van der Waals surface area (Å²) >= 11 is 15.3. The van der Waals surface area contributed by atoms with E-state index in [1.165, 1.54) is 7.11 Å². The van der Waals surface area contributed by atoms with Crippen LogP contribution in [0, 0.1) is 6.92 Å². The zero-order valence-corrected chi connectivity index (χ0v) is 22.6. The van der Waals surface area contributed by atoms with Crippen molar-refractivity contribution < 1.29 is 14.3 Å². The molecule has 0 radical (unpaired) electrons. The first-order valence-corrected chi connectivity index (χ1v) is 12.6. The Labute approximate surface area is 218 Å². The molecule has 3 rings (SSSR count). The monoisotopic (exact) mass is 566 g/mol. The van der Waals surface area contributed by atoms with Gasteiger partial charge in [0.25, 0.3) is 5.91 Å². The minimum absolute atomic E-state index is 0.150. The van der Waals surface area contributed by atoms with Gasteiger partial charge < -0.3 is 19.9 Å². The Balaban J connectivity index is 1.61. The summed E-state index contributed by atoms with van der Waals surface area (Å²) in [4.78, 5) is 29.0. The fourth-order valence-corrected chi connectivity index (χ4v) is 5.00. The minimum Gasteiger partial charge on any atom is -0.496 e. The molecule has 1 aliphatic rings. The highest BCUT2D eigenvalue weighted by Gasteiger charge is 2.22. The maximum absolute atomic E-state index is 12.8. The van der Waals surface area contributed by atoms with Gasteiger partial charge in [0.15, 0.2) is 5.11 Å². The van der Waals surface area contributed by atoms with Crippen LogP contribution < -0.4 is 20.3 Å². The summed E-state index contributed by atoms with van der Waals surface area (Å²) in [5.74, 6) is 0.323. The van der Waals surface area contributed by atoms with E-state index in [9.17, 15) is 9.59 Å². The minimum atomic E-state index is -0.378. The highest BCUT2D eigenvalue weighted by Crippen LogP contribution is 2.30. The zero-order chi connectivity index (χ0) is 24.8. The van der Waals surface area contributed by atoms with Crippen molar-refractivity contribution in [3.8, 4) is 5.75 Å². The van der Waals surface area contributed by atoms with E-state index in [1.807, 2.05) is 36.9 Å². The van der Waals surface area contributed by atoms with E-state index in [0.717, 1.165) is 35.2 Å². The molecule has 7 nitrogen and oxygen atoms in total. The van der Waals surface area contributed by atoms with Gasteiger partial charge in [-0.05, 0) is 61.5 Å². The van der Waals surface area contributed by atoms with Crippen molar-refractivity contribution in [1.82, 2.24) is 10.2 Å². The average molecular weight is 568 g/mol. The number of carbonyl (C=O) groups excluding carboxylic acids is 2. The lowest BCUT2D eigenvalue weighted by molar-refractivity contribution is -0.131. The van der Waals surface area contributed by atoms with Gasteiger partial charge in [0.2, 0.25) is 5.91 Å². The van der Waals surface area contributed by atoms with Gasteiger partial charge in [-0.2, -0.15) is 0 Å². The number of ether oxygens (including phenoxy) is 1. The van der Waals surface area contributed by atoms with Gasteiger partial charge in [-0.15, -0.1) is 0 Å². The Hall–Kier alpha value is -2.36. The molecule has 1 aliphatic heterocycles. The summed E-state index contributed by atoms with van der Waals surface area (Å²) in [6, 6.07) is 9.11. The molecule has 34 heavy (non-hydrogen) atoms. The van der Waals surface area contributed by atoms with Crippen molar-refractivity contribution in [3.63, 3.8) is 0 Å². The quantitative estimate of drug-likeness (QED) is 0.479. The van der Waals surface area contributed by atoms with Crippen LogP contribution in [0.1, 0.15) is 35.7 Å². The third-order valence-corrected chi connectivity index (χ3v) is 6.52. The molecular formula is C24H28BrClN4O3S. The van der Waals surface area contributed by atoms with Crippen LogP contribution in [0.5, 0.6) is 5.75 Å². The highest BCUT2D eigenvalue weighted by molar-refractivity contribution is 9.10. The molecule has 0 spiro atoms. The number of rotatable bonds is 6. The number of carbonyl (C=O) groups is 2.